The Labute approximate surface area is 206 Å². The highest BCUT2D eigenvalue weighted by Crippen LogP contribution is 2.25. The van der Waals surface area contributed by atoms with Gasteiger partial charge in [0.15, 0.2) is 12.4 Å². The molecule has 1 fully saturated rings. The molecule has 0 unspecified atom stereocenters. The lowest BCUT2D eigenvalue weighted by Gasteiger charge is -2.41. The molecule has 0 aliphatic carbocycles. The second kappa shape index (κ2) is 15.7. The van der Waals surface area contributed by atoms with Crippen LogP contribution in [0.5, 0.6) is 0 Å². The Balaban J connectivity index is 1.83. The van der Waals surface area contributed by atoms with Gasteiger partial charge in [-0.05, 0) is 18.9 Å². The van der Waals surface area contributed by atoms with E-state index in [0.29, 0.717) is 6.61 Å². The molecule has 1 aliphatic rings. The van der Waals surface area contributed by atoms with Gasteiger partial charge in [0.05, 0.1) is 6.61 Å². The largest absolute Gasteiger partial charge is 0.455 e. The van der Waals surface area contributed by atoms with Crippen molar-refractivity contribution in [2.45, 2.75) is 95.7 Å². The predicted octanol–water partition coefficient (Wildman–Crippen LogP) is 2.03. The lowest BCUT2D eigenvalue weighted by atomic mass is 9.99. The molecule has 1 amide bonds. The first-order valence-corrected chi connectivity index (χ1v) is 12.3. The van der Waals surface area contributed by atoms with E-state index in [-0.39, 0.29) is 6.61 Å². The monoisotopic (exact) mass is 497 g/mol. The van der Waals surface area contributed by atoms with Gasteiger partial charge in [-0.25, -0.2) is 9.59 Å². The van der Waals surface area contributed by atoms with E-state index in [1.165, 1.54) is 13.3 Å². The van der Waals surface area contributed by atoms with E-state index < -0.39 is 55.4 Å². The highest BCUT2D eigenvalue weighted by molar-refractivity contribution is 5.81. The maximum Gasteiger partial charge on any atom is 0.408 e. The van der Waals surface area contributed by atoms with Gasteiger partial charge in [0, 0.05) is 6.61 Å². The molecule has 0 aromatic heterocycles. The van der Waals surface area contributed by atoms with Crippen LogP contribution in [0.2, 0.25) is 0 Å². The smallest absolute Gasteiger partial charge is 0.408 e. The van der Waals surface area contributed by atoms with Crippen LogP contribution in [0, 0.1) is 0 Å². The second-order valence-corrected chi connectivity index (χ2v) is 8.67. The molecular formula is C25H39NO9. The van der Waals surface area contributed by atoms with Crippen LogP contribution < -0.4 is 5.32 Å². The van der Waals surface area contributed by atoms with Crippen molar-refractivity contribution in [2.75, 3.05) is 13.2 Å². The van der Waals surface area contributed by atoms with Gasteiger partial charge in [0.25, 0.3) is 0 Å². The topological polar surface area (TPSA) is 144 Å². The molecule has 1 aliphatic heterocycles. The molecule has 0 bridgehead atoms. The van der Waals surface area contributed by atoms with Gasteiger partial charge in [-0.2, -0.15) is 0 Å². The molecular weight excluding hydrogens is 458 g/mol. The lowest BCUT2D eigenvalue weighted by Crippen LogP contribution is -2.61. The van der Waals surface area contributed by atoms with Gasteiger partial charge >= 0.3 is 12.1 Å². The van der Waals surface area contributed by atoms with Crippen molar-refractivity contribution in [1.29, 1.82) is 0 Å². The molecule has 1 saturated heterocycles. The number of hydrogen-bond donors (Lipinski definition) is 4. The van der Waals surface area contributed by atoms with E-state index in [4.69, 9.17) is 18.9 Å². The normalized spacial score (nSPS) is 25.0. The second-order valence-electron chi connectivity index (χ2n) is 8.67. The Kier molecular flexibility index (Phi) is 13.0. The van der Waals surface area contributed by atoms with Crippen LogP contribution in [0.1, 0.15) is 57.9 Å². The van der Waals surface area contributed by atoms with Crippen molar-refractivity contribution in [3.05, 3.63) is 35.9 Å². The van der Waals surface area contributed by atoms with Crippen molar-refractivity contribution in [1.82, 2.24) is 5.32 Å². The number of carbonyl (C=O) groups excluding carboxylic acids is 2. The Morgan fingerprint density at radius 1 is 1.06 bits per heavy atom. The Morgan fingerprint density at radius 2 is 1.74 bits per heavy atom. The van der Waals surface area contributed by atoms with Crippen molar-refractivity contribution in [3.63, 3.8) is 0 Å². The highest BCUT2D eigenvalue weighted by Gasteiger charge is 2.47. The summed E-state index contributed by atoms with van der Waals surface area (Å²) in [6, 6.07) is 7.93. The van der Waals surface area contributed by atoms with Gasteiger partial charge in [-0.3, -0.25) is 0 Å². The predicted molar refractivity (Wildman–Crippen MR) is 126 cm³/mol. The van der Waals surface area contributed by atoms with Crippen LogP contribution in [0.25, 0.3) is 0 Å². The molecule has 0 spiro atoms. The Bertz CT molecular complexity index is 748. The van der Waals surface area contributed by atoms with Crippen LogP contribution in [0.4, 0.5) is 4.79 Å². The van der Waals surface area contributed by atoms with Crippen molar-refractivity contribution in [3.8, 4) is 0 Å². The number of unbranched alkanes of at least 4 members (excludes halogenated alkanes) is 5. The molecule has 35 heavy (non-hydrogen) atoms. The van der Waals surface area contributed by atoms with E-state index in [0.717, 1.165) is 37.7 Å². The minimum Gasteiger partial charge on any atom is -0.455 e. The maximum absolute atomic E-state index is 12.5. The summed E-state index contributed by atoms with van der Waals surface area (Å²) in [5.41, 5.74) is 0.786. The van der Waals surface area contributed by atoms with E-state index in [1.54, 1.807) is 12.1 Å². The minimum atomic E-state index is -1.48. The number of nitrogens with one attached hydrogen (secondary N) is 1. The summed E-state index contributed by atoms with van der Waals surface area (Å²) in [5.74, 6) is -0.891. The third-order valence-electron chi connectivity index (χ3n) is 5.75. The molecule has 1 aromatic rings. The number of benzene rings is 1. The molecule has 10 heteroatoms. The average Bonchev–Trinajstić information content (AvgIpc) is 2.86. The zero-order valence-corrected chi connectivity index (χ0v) is 20.5. The number of rotatable bonds is 14. The van der Waals surface area contributed by atoms with E-state index >= 15 is 0 Å². The number of aliphatic hydroxyl groups excluding tert-OH is 3. The number of aliphatic hydroxyl groups is 3. The van der Waals surface area contributed by atoms with Gasteiger partial charge in [0.1, 0.15) is 31.0 Å². The summed E-state index contributed by atoms with van der Waals surface area (Å²) in [6.45, 7) is 3.32. The minimum absolute atomic E-state index is 0.0294. The number of hydrogen-bond acceptors (Lipinski definition) is 9. The highest BCUT2D eigenvalue weighted by atomic mass is 16.7. The van der Waals surface area contributed by atoms with Crippen LogP contribution >= 0.6 is 0 Å². The van der Waals surface area contributed by atoms with Gasteiger partial charge in [-0.15, -0.1) is 0 Å². The molecule has 198 valence electrons. The molecule has 1 heterocycles. The van der Waals surface area contributed by atoms with E-state index in [2.05, 4.69) is 12.2 Å². The molecule has 4 N–H and O–H groups in total. The van der Waals surface area contributed by atoms with E-state index in [9.17, 15) is 24.9 Å². The van der Waals surface area contributed by atoms with Crippen LogP contribution in [0.15, 0.2) is 30.3 Å². The number of ether oxygens (including phenoxy) is 4. The summed E-state index contributed by atoms with van der Waals surface area (Å²) in [4.78, 5) is 24.6. The lowest BCUT2D eigenvalue weighted by molar-refractivity contribution is -0.303. The fourth-order valence-electron chi connectivity index (χ4n) is 3.65. The average molecular weight is 498 g/mol. The summed E-state index contributed by atoms with van der Waals surface area (Å²) in [5, 5.41) is 33.0. The fourth-order valence-corrected chi connectivity index (χ4v) is 3.65. The van der Waals surface area contributed by atoms with Crippen LogP contribution in [-0.2, 0) is 30.3 Å². The SMILES string of the molecule is CCCCCCCCO[C@@H]1O[C@H](CO)[C@@H](O)[C@H](OC(=O)[C@H](C)NC(=O)OCc2ccccc2)[C@H]1O. The molecule has 0 saturated carbocycles. The zero-order valence-electron chi connectivity index (χ0n) is 20.5. The molecule has 2 rings (SSSR count). The first-order chi connectivity index (χ1) is 16.9. The summed E-state index contributed by atoms with van der Waals surface area (Å²) < 4.78 is 21.5. The summed E-state index contributed by atoms with van der Waals surface area (Å²) >= 11 is 0. The summed E-state index contributed by atoms with van der Waals surface area (Å²) in [6.07, 6.45) is -1.15. The van der Waals surface area contributed by atoms with Crippen LogP contribution in [-0.4, -0.2) is 77.3 Å². The third-order valence-corrected chi connectivity index (χ3v) is 5.75. The van der Waals surface area contributed by atoms with E-state index in [1.807, 2.05) is 18.2 Å². The van der Waals surface area contributed by atoms with Gasteiger partial charge in [-0.1, -0.05) is 69.4 Å². The Hall–Kier alpha value is -2.24. The maximum atomic E-state index is 12.5. The molecule has 1 aromatic carbocycles. The first kappa shape index (κ1) is 29.0. The summed E-state index contributed by atoms with van der Waals surface area (Å²) in [7, 11) is 0. The van der Waals surface area contributed by atoms with Gasteiger partial charge in [0.2, 0.25) is 0 Å². The number of alkyl carbamates (subject to hydrolysis) is 1. The number of amides is 1. The van der Waals surface area contributed by atoms with Gasteiger partial charge < -0.3 is 39.6 Å². The van der Waals surface area contributed by atoms with Crippen molar-refractivity contribution < 1.29 is 43.9 Å². The fraction of sp³-hybridized carbons (Fsp3) is 0.680. The molecule has 10 nitrogen and oxygen atoms in total. The third kappa shape index (κ3) is 9.73. The number of carbonyl (C=O) groups is 2. The van der Waals surface area contributed by atoms with Crippen LogP contribution in [0.3, 0.4) is 0 Å². The first-order valence-electron chi connectivity index (χ1n) is 12.3. The molecule has 6 atom stereocenters. The zero-order chi connectivity index (χ0) is 25.6. The Morgan fingerprint density at radius 3 is 2.43 bits per heavy atom. The standard InChI is InChI=1S/C25H39NO9/c1-3-4-5-6-7-11-14-32-24-21(29)22(20(28)19(15-27)34-24)35-23(30)17(2)26-25(31)33-16-18-12-9-8-10-13-18/h8-10,12-13,17,19-22,24,27-29H,3-7,11,14-16H2,1-2H3,(H,26,31)/t17-,19+,20+,21+,22-,24+/m0/s1. The molecule has 0 radical (unpaired) electrons. The number of esters is 1. The van der Waals surface area contributed by atoms with Crippen molar-refractivity contribution in [2.24, 2.45) is 0 Å². The van der Waals surface area contributed by atoms with Crippen molar-refractivity contribution >= 4 is 12.1 Å². The quantitative estimate of drug-likeness (QED) is 0.224.